The Morgan fingerprint density at radius 2 is 1.76 bits per heavy atom. The summed E-state index contributed by atoms with van der Waals surface area (Å²) in [6.45, 7) is 4.93. The van der Waals surface area contributed by atoms with E-state index in [1.54, 1.807) is 0 Å². The first-order valence-corrected chi connectivity index (χ1v) is 13.0. The maximum Gasteiger partial charge on any atom is 0.246 e. The standard InChI is InChI=1S/C27H38N4O3/c1-2-3-15-31-24(32)23(18-26(34)11-5-4-6-12-26)29-25(33)27(31)13-16-30(17-14-27)20-22-9-7-21(19-28)8-10-22/h7-10,23,34H,2-6,11-18,20H2,1H3,(H,29,33)/t23-/m1/s1. The van der Waals surface area contributed by atoms with Crippen LogP contribution in [0.1, 0.15) is 82.3 Å². The van der Waals surface area contributed by atoms with Gasteiger partial charge in [-0.1, -0.05) is 44.7 Å². The molecule has 2 saturated heterocycles. The molecule has 34 heavy (non-hydrogen) atoms. The second-order valence-corrected chi connectivity index (χ2v) is 10.5. The Labute approximate surface area is 203 Å². The minimum Gasteiger partial charge on any atom is -0.390 e. The molecule has 2 amide bonds. The Kier molecular flexibility index (Phi) is 7.59. The molecule has 0 bridgehead atoms. The number of nitriles is 1. The van der Waals surface area contributed by atoms with E-state index in [-0.39, 0.29) is 11.8 Å². The Bertz CT molecular complexity index is 909. The van der Waals surface area contributed by atoms with E-state index in [0.29, 0.717) is 44.2 Å². The van der Waals surface area contributed by atoms with Crippen LogP contribution in [0, 0.1) is 11.3 Å². The van der Waals surface area contributed by atoms with Crippen molar-refractivity contribution >= 4 is 11.8 Å². The van der Waals surface area contributed by atoms with Crippen molar-refractivity contribution in [1.82, 2.24) is 15.1 Å². The summed E-state index contributed by atoms with van der Waals surface area (Å²) in [5, 5.41) is 23.1. The maximum absolute atomic E-state index is 13.7. The quantitative estimate of drug-likeness (QED) is 0.644. The lowest BCUT2D eigenvalue weighted by atomic mass is 9.77. The van der Waals surface area contributed by atoms with Crippen LogP contribution in [0.4, 0.5) is 0 Å². The highest BCUT2D eigenvalue weighted by Gasteiger charge is 2.54. The van der Waals surface area contributed by atoms with Crippen LogP contribution < -0.4 is 5.32 Å². The van der Waals surface area contributed by atoms with Crippen LogP contribution in [-0.4, -0.2) is 63.5 Å². The number of benzene rings is 1. The summed E-state index contributed by atoms with van der Waals surface area (Å²) in [6, 6.07) is 9.15. The summed E-state index contributed by atoms with van der Waals surface area (Å²) in [5.74, 6) is -0.0711. The zero-order valence-electron chi connectivity index (χ0n) is 20.4. The lowest BCUT2D eigenvalue weighted by Crippen LogP contribution is -2.73. The number of unbranched alkanes of at least 4 members (excludes halogenated alkanes) is 1. The lowest BCUT2D eigenvalue weighted by Gasteiger charge is -2.52. The van der Waals surface area contributed by atoms with Crippen LogP contribution in [0.2, 0.25) is 0 Å². The summed E-state index contributed by atoms with van der Waals surface area (Å²) < 4.78 is 0. The first kappa shape index (κ1) is 24.7. The van der Waals surface area contributed by atoms with E-state index < -0.39 is 17.2 Å². The summed E-state index contributed by atoms with van der Waals surface area (Å²) in [5.41, 5.74) is 0.150. The number of hydrogen-bond donors (Lipinski definition) is 2. The molecule has 0 unspecified atom stereocenters. The molecule has 0 aromatic heterocycles. The minimum atomic E-state index is -0.850. The topological polar surface area (TPSA) is 96.7 Å². The van der Waals surface area contributed by atoms with E-state index in [9.17, 15) is 14.7 Å². The van der Waals surface area contributed by atoms with E-state index in [1.807, 2.05) is 29.2 Å². The Morgan fingerprint density at radius 1 is 1.09 bits per heavy atom. The first-order chi connectivity index (χ1) is 16.4. The van der Waals surface area contributed by atoms with Gasteiger partial charge in [0.1, 0.15) is 11.6 Å². The van der Waals surface area contributed by atoms with Gasteiger partial charge in [0.05, 0.1) is 17.2 Å². The number of nitrogens with one attached hydrogen (secondary N) is 1. The van der Waals surface area contributed by atoms with Gasteiger partial charge in [-0.15, -0.1) is 0 Å². The number of hydrogen-bond acceptors (Lipinski definition) is 5. The third kappa shape index (κ3) is 5.13. The van der Waals surface area contributed by atoms with Crippen molar-refractivity contribution in [2.75, 3.05) is 19.6 Å². The smallest absolute Gasteiger partial charge is 0.246 e. The van der Waals surface area contributed by atoms with Gasteiger partial charge in [-0.05, 0) is 49.8 Å². The van der Waals surface area contributed by atoms with Gasteiger partial charge in [-0.25, -0.2) is 0 Å². The summed E-state index contributed by atoms with van der Waals surface area (Å²) in [6.07, 6.45) is 7.86. The highest BCUT2D eigenvalue weighted by atomic mass is 16.3. The highest BCUT2D eigenvalue weighted by Crippen LogP contribution is 2.37. The van der Waals surface area contributed by atoms with E-state index in [4.69, 9.17) is 5.26 Å². The monoisotopic (exact) mass is 466 g/mol. The van der Waals surface area contributed by atoms with Crippen molar-refractivity contribution in [2.45, 2.75) is 94.9 Å². The SMILES string of the molecule is CCCCN1C(=O)[C@@H](CC2(O)CCCCC2)NC(=O)C12CCN(Cc1ccc(C#N)cc1)CC2. The van der Waals surface area contributed by atoms with Gasteiger partial charge in [0.2, 0.25) is 11.8 Å². The maximum atomic E-state index is 13.7. The molecule has 1 spiro atoms. The predicted octanol–water partition coefficient (Wildman–Crippen LogP) is 3.11. The van der Waals surface area contributed by atoms with Gasteiger partial charge in [0.25, 0.3) is 0 Å². The third-order valence-electron chi connectivity index (χ3n) is 8.08. The number of rotatable bonds is 7. The fourth-order valence-electron chi connectivity index (χ4n) is 5.97. The molecule has 2 aliphatic heterocycles. The number of carbonyl (C=O) groups is 2. The molecule has 4 rings (SSSR count). The fraction of sp³-hybridized carbons (Fsp3) is 0.667. The average molecular weight is 467 g/mol. The van der Waals surface area contributed by atoms with Crippen LogP contribution in [-0.2, 0) is 16.1 Å². The average Bonchev–Trinajstić information content (AvgIpc) is 2.84. The van der Waals surface area contributed by atoms with Gasteiger partial charge in [0, 0.05) is 32.6 Å². The molecule has 3 aliphatic rings. The van der Waals surface area contributed by atoms with Crippen molar-refractivity contribution in [3.63, 3.8) is 0 Å². The summed E-state index contributed by atoms with van der Waals surface area (Å²) in [4.78, 5) is 31.4. The minimum absolute atomic E-state index is 0.0207. The first-order valence-electron chi connectivity index (χ1n) is 13.0. The van der Waals surface area contributed by atoms with Crippen molar-refractivity contribution in [3.05, 3.63) is 35.4 Å². The summed E-state index contributed by atoms with van der Waals surface area (Å²) >= 11 is 0. The second kappa shape index (κ2) is 10.5. The Morgan fingerprint density at radius 3 is 2.38 bits per heavy atom. The van der Waals surface area contributed by atoms with Gasteiger partial charge in [-0.2, -0.15) is 5.26 Å². The highest BCUT2D eigenvalue weighted by molar-refractivity contribution is 6.00. The normalized spacial score (nSPS) is 24.6. The van der Waals surface area contributed by atoms with Crippen molar-refractivity contribution in [1.29, 1.82) is 5.26 Å². The molecule has 3 fully saturated rings. The Hall–Kier alpha value is -2.43. The van der Waals surface area contributed by atoms with Gasteiger partial charge >= 0.3 is 0 Å². The molecule has 1 saturated carbocycles. The molecule has 1 aliphatic carbocycles. The number of piperazine rings is 1. The number of amides is 2. The van der Waals surface area contributed by atoms with Crippen LogP contribution in [0.3, 0.4) is 0 Å². The molecule has 2 heterocycles. The number of nitrogens with zero attached hydrogens (tertiary/aromatic N) is 3. The zero-order valence-corrected chi connectivity index (χ0v) is 20.4. The number of aliphatic hydroxyl groups is 1. The number of carbonyl (C=O) groups excluding carboxylic acids is 2. The summed E-state index contributed by atoms with van der Waals surface area (Å²) in [7, 11) is 0. The fourth-order valence-corrected chi connectivity index (χ4v) is 5.97. The van der Waals surface area contributed by atoms with E-state index in [0.717, 1.165) is 57.3 Å². The largest absolute Gasteiger partial charge is 0.390 e. The molecule has 184 valence electrons. The molecular weight excluding hydrogens is 428 g/mol. The number of piperidine rings is 1. The van der Waals surface area contributed by atoms with Crippen LogP contribution in [0.5, 0.6) is 0 Å². The van der Waals surface area contributed by atoms with Crippen LogP contribution >= 0.6 is 0 Å². The predicted molar refractivity (Wildman–Crippen MR) is 130 cm³/mol. The molecule has 0 radical (unpaired) electrons. The molecular formula is C27H38N4O3. The van der Waals surface area contributed by atoms with Crippen molar-refractivity contribution in [2.24, 2.45) is 0 Å². The number of likely N-dealkylation sites (tertiary alicyclic amines) is 1. The van der Waals surface area contributed by atoms with E-state index >= 15 is 0 Å². The molecule has 7 heteroatoms. The molecule has 1 atom stereocenters. The molecule has 1 aromatic rings. The lowest BCUT2D eigenvalue weighted by molar-refractivity contribution is -0.163. The van der Waals surface area contributed by atoms with Crippen molar-refractivity contribution in [3.8, 4) is 6.07 Å². The third-order valence-corrected chi connectivity index (χ3v) is 8.08. The van der Waals surface area contributed by atoms with Crippen LogP contribution in [0.15, 0.2) is 24.3 Å². The molecule has 1 aromatic carbocycles. The molecule has 7 nitrogen and oxygen atoms in total. The van der Waals surface area contributed by atoms with Gasteiger partial charge in [-0.3, -0.25) is 14.5 Å². The van der Waals surface area contributed by atoms with Crippen LogP contribution in [0.25, 0.3) is 0 Å². The second-order valence-electron chi connectivity index (χ2n) is 10.5. The zero-order chi connectivity index (χ0) is 24.2. The van der Waals surface area contributed by atoms with E-state index in [1.165, 1.54) is 0 Å². The Balaban J connectivity index is 1.45. The van der Waals surface area contributed by atoms with Gasteiger partial charge in [0.15, 0.2) is 0 Å². The molecule has 2 N–H and O–H groups in total. The van der Waals surface area contributed by atoms with Crippen molar-refractivity contribution < 1.29 is 14.7 Å². The van der Waals surface area contributed by atoms with E-state index in [2.05, 4.69) is 23.2 Å². The van der Waals surface area contributed by atoms with Gasteiger partial charge < -0.3 is 15.3 Å².